The van der Waals surface area contributed by atoms with Crippen molar-refractivity contribution in [3.05, 3.63) is 80.9 Å². The van der Waals surface area contributed by atoms with Crippen molar-refractivity contribution < 1.29 is 9.59 Å². The smallest absolute Gasteiger partial charge is 0.235 e. The van der Waals surface area contributed by atoms with Gasteiger partial charge in [-0.05, 0) is 53.4 Å². The minimum atomic E-state index is -0.517. The summed E-state index contributed by atoms with van der Waals surface area (Å²) < 4.78 is 1.38. The van der Waals surface area contributed by atoms with Gasteiger partial charge in [-0.15, -0.1) is 10.2 Å². The number of ketones is 1. The maximum atomic E-state index is 13.2. The van der Waals surface area contributed by atoms with Gasteiger partial charge in [-0.1, -0.05) is 52.9 Å². The molecule has 192 valence electrons. The van der Waals surface area contributed by atoms with Gasteiger partial charge >= 0.3 is 0 Å². The number of amides is 1. The summed E-state index contributed by atoms with van der Waals surface area (Å²) in [6.45, 7) is 1.98. The Morgan fingerprint density at radius 3 is 2.89 bits per heavy atom. The lowest BCUT2D eigenvalue weighted by atomic mass is 9.75. The number of allylic oxidation sites excluding steroid dienone is 3. The van der Waals surface area contributed by atoms with Crippen LogP contribution in [0.25, 0.3) is 0 Å². The third-order valence-corrected chi connectivity index (χ3v) is 8.71. The molecule has 38 heavy (non-hydrogen) atoms. The van der Waals surface area contributed by atoms with E-state index in [9.17, 15) is 14.9 Å². The zero-order valence-electron chi connectivity index (χ0n) is 20.3. The molecule has 1 aliphatic carbocycles. The van der Waals surface area contributed by atoms with Crippen LogP contribution in [0.3, 0.4) is 0 Å². The number of anilines is 2. The van der Waals surface area contributed by atoms with Crippen LogP contribution in [-0.4, -0.2) is 32.6 Å². The fourth-order valence-corrected chi connectivity index (χ4v) is 6.51. The molecule has 1 atom stereocenters. The fraction of sp³-hybridized carbons (Fsp3) is 0.231. The Kier molecular flexibility index (Phi) is 7.60. The van der Waals surface area contributed by atoms with Crippen LogP contribution in [0.15, 0.2) is 74.1 Å². The molecule has 5 rings (SSSR count). The summed E-state index contributed by atoms with van der Waals surface area (Å²) in [6.07, 6.45) is 3.35. The van der Waals surface area contributed by atoms with Gasteiger partial charge in [-0.25, -0.2) is 4.98 Å². The van der Waals surface area contributed by atoms with Gasteiger partial charge in [0.05, 0.1) is 23.3 Å². The molecule has 0 radical (unpaired) electrons. The maximum Gasteiger partial charge on any atom is 0.235 e. The number of nitrogens with zero attached hydrogens (tertiary/aromatic N) is 5. The molecule has 0 fully saturated rings. The van der Waals surface area contributed by atoms with E-state index in [4.69, 9.17) is 5.73 Å². The Labute approximate surface area is 236 Å². The Morgan fingerprint density at radius 1 is 1.32 bits per heavy atom. The van der Waals surface area contributed by atoms with Crippen LogP contribution in [0.2, 0.25) is 0 Å². The first-order valence-corrected chi connectivity index (χ1v) is 14.4. The second-order valence-electron chi connectivity index (χ2n) is 8.78. The molecule has 2 aliphatic rings. The first-order valence-electron chi connectivity index (χ1n) is 11.8. The quantitative estimate of drug-likeness (QED) is 0.369. The van der Waals surface area contributed by atoms with E-state index in [1.807, 2.05) is 31.2 Å². The van der Waals surface area contributed by atoms with Gasteiger partial charge in [0.1, 0.15) is 11.6 Å². The number of nitriles is 1. The number of carbonyl (C=O) groups is 2. The number of nitrogens with one attached hydrogen (secondary N) is 1. The molecule has 3 heterocycles. The summed E-state index contributed by atoms with van der Waals surface area (Å²) in [5.41, 5.74) is 10.2. The lowest BCUT2D eigenvalue weighted by molar-refractivity contribution is -0.116. The molecule has 2 aromatic heterocycles. The predicted octanol–water partition coefficient (Wildman–Crippen LogP) is 5.04. The molecule has 0 saturated carbocycles. The van der Waals surface area contributed by atoms with E-state index in [1.54, 1.807) is 23.2 Å². The number of nitrogens with two attached hydrogens (primary N) is 1. The maximum absolute atomic E-state index is 13.2. The highest BCUT2D eigenvalue weighted by Gasteiger charge is 2.41. The molecular formula is C26H22BrN7O2S2. The molecule has 0 bridgehead atoms. The van der Waals surface area contributed by atoms with Crippen LogP contribution in [-0.2, 0) is 9.59 Å². The number of carbonyl (C=O) groups excluding carboxylic acids is 2. The van der Waals surface area contributed by atoms with Crippen molar-refractivity contribution in [1.29, 1.82) is 5.26 Å². The molecule has 12 heteroatoms. The van der Waals surface area contributed by atoms with E-state index in [1.165, 1.54) is 23.1 Å². The minimum Gasteiger partial charge on any atom is -0.384 e. The second kappa shape index (κ2) is 11.1. The molecule has 9 nitrogen and oxygen atoms in total. The second-order valence-corrected chi connectivity index (χ2v) is 11.9. The van der Waals surface area contributed by atoms with Crippen LogP contribution in [0, 0.1) is 18.3 Å². The number of pyridine rings is 1. The topological polar surface area (TPSA) is 138 Å². The molecule has 3 N–H and O–H groups in total. The number of benzene rings is 1. The van der Waals surface area contributed by atoms with E-state index >= 15 is 0 Å². The highest BCUT2D eigenvalue weighted by molar-refractivity contribution is 9.10. The fourth-order valence-electron chi connectivity index (χ4n) is 4.60. The molecule has 3 aromatic rings. The summed E-state index contributed by atoms with van der Waals surface area (Å²) in [5, 5.41) is 21.9. The molecule has 0 spiro atoms. The Balaban J connectivity index is 1.42. The molecule has 1 unspecified atom stereocenters. The summed E-state index contributed by atoms with van der Waals surface area (Å²) in [5.74, 6) is 0.0885. The van der Waals surface area contributed by atoms with Crippen molar-refractivity contribution in [1.82, 2.24) is 15.2 Å². The van der Waals surface area contributed by atoms with Crippen LogP contribution in [0.5, 0.6) is 0 Å². The van der Waals surface area contributed by atoms with Crippen LogP contribution < -0.4 is 16.0 Å². The first-order chi connectivity index (χ1) is 18.4. The number of aryl methyl sites for hydroxylation is 1. The largest absolute Gasteiger partial charge is 0.384 e. The molecule has 1 amide bonds. The van der Waals surface area contributed by atoms with E-state index in [2.05, 4.69) is 42.5 Å². The number of hydrogen-bond donors (Lipinski definition) is 2. The zero-order valence-corrected chi connectivity index (χ0v) is 23.5. The lowest BCUT2D eigenvalue weighted by Crippen LogP contribution is -2.38. The first kappa shape index (κ1) is 26.1. The summed E-state index contributed by atoms with van der Waals surface area (Å²) >= 11 is 5.81. The SMILES string of the molecule is Cc1cccc(C2C(C#N)=C(N)N(c3nnc(SCC(=O)Nc4ccc(Br)cn4)s3)C3=C2C(=O)CCC3)c1. The number of aromatic nitrogens is 3. The highest BCUT2D eigenvalue weighted by atomic mass is 79.9. The van der Waals surface area contributed by atoms with Crippen LogP contribution in [0.4, 0.5) is 10.9 Å². The third kappa shape index (κ3) is 5.22. The van der Waals surface area contributed by atoms with Crippen molar-refractivity contribution in [2.45, 2.75) is 36.4 Å². The monoisotopic (exact) mass is 607 g/mol. The Hall–Kier alpha value is -3.53. The van der Waals surface area contributed by atoms with E-state index in [-0.39, 0.29) is 23.3 Å². The Morgan fingerprint density at radius 2 is 2.16 bits per heavy atom. The van der Waals surface area contributed by atoms with Crippen molar-refractivity contribution in [2.24, 2.45) is 5.73 Å². The van der Waals surface area contributed by atoms with Gasteiger partial charge in [0, 0.05) is 28.4 Å². The van der Waals surface area contributed by atoms with Crippen molar-refractivity contribution in [2.75, 3.05) is 16.0 Å². The van der Waals surface area contributed by atoms with Gasteiger partial charge < -0.3 is 11.1 Å². The highest BCUT2D eigenvalue weighted by Crippen LogP contribution is 2.47. The van der Waals surface area contributed by atoms with E-state index in [0.29, 0.717) is 45.7 Å². The number of hydrogen-bond acceptors (Lipinski definition) is 10. The number of rotatable bonds is 6. The minimum absolute atomic E-state index is 0.0142. The summed E-state index contributed by atoms with van der Waals surface area (Å²) in [6, 6.07) is 13.6. The lowest BCUT2D eigenvalue weighted by Gasteiger charge is -2.38. The van der Waals surface area contributed by atoms with E-state index < -0.39 is 5.92 Å². The van der Waals surface area contributed by atoms with Crippen LogP contribution in [0.1, 0.15) is 36.3 Å². The van der Waals surface area contributed by atoms with Gasteiger partial charge in [-0.2, -0.15) is 5.26 Å². The molecular weight excluding hydrogens is 586 g/mol. The average molecular weight is 609 g/mol. The van der Waals surface area contributed by atoms with Crippen molar-refractivity contribution in [3.8, 4) is 6.07 Å². The summed E-state index contributed by atoms with van der Waals surface area (Å²) in [7, 11) is 0. The third-order valence-electron chi connectivity index (χ3n) is 6.20. The van der Waals surface area contributed by atoms with Gasteiger partial charge in [0.25, 0.3) is 0 Å². The summed E-state index contributed by atoms with van der Waals surface area (Å²) in [4.78, 5) is 31.5. The normalized spacial score (nSPS) is 17.3. The van der Waals surface area contributed by atoms with Gasteiger partial charge in [0.2, 0.25) is 11.0 Å². The predicted molar refractivity (Wildman–Crippen MR) is 150 cm³/mol. The van der Waals surface area contributed by atoms with Crippen LogP contribution >= 0.6 is 39.0 Å². The van der Waals surface area contributed by atoms with Gasteiger partial charge in [0.15, 0.2) is 10.1 Å². The number of Topliss-reactive ketones (excluding diaryl/α,β-unsaturated/α-hetero) is 1. The Bertz CT molecular complexity index is 1520. The average Bonchev–Trinajstić information content (AvgIpc) is 3.37. The molecule has 0 saturated heterocycles. The number of halogens is 1. The number of thioether (sulfide) groups is 1. The van der Waals surface area contributed by atoms with Crippen molar-refractivity contribution >= 4 is 61.7 Å². The van der Waals surface area contributed by atoms with Gasteiger partial charge in [-0.3, -0.25) is 14.5 Å². The molecule has 1 aliphatic heterocycles. The zero-order chi connectivity index (χ0) is 26.8. The standard InChI is InChI=1S/C26H22BrN7O2S2/c1-14-4-2-5-15(10-14)22-17(11-28)24(29)34(18-6-3-7-19(35)23(18)22)25-32-33-26(38-25)37-13-21(36)31-20-9-8-16(27)12-30-20/h2,4-5,8-10,12,22H,3,6-7,13,29H2,1H3,(H,30,31,36). The molecule has 1 aromatic carbocycles. The van der Waals surface area contributed by atoms with E-state index in [0.717, 1.165) is 21.3 Å². The van der Waals surface area contributed by atoms with Crippen molar-refractivity contribution in [3.63, 3.8) is 0 Å².